The summed E-state index contributed by atoms with van der Waals surface area (Å²) >= 11 is 0. The second-order valence-electron chi connectivity index (χ2n) is 8.04. The molecule has 0 fully saturated rings. The van der Waals surface area contributed by atoms with Crippen molar-refractivity contribution in [3.8, 4) is 34.3 Å². The van der Waals surface area contributed by atoms with Crippen LogP contribution >= 0.6 is 0 Å². The van der Waals surface area contributed by atoms with E-state index in [1.54, 1.807) is 13.3 Å². The summed E-state index contributed by atoms with van der Waals surface area (Å²) in [5.74, 6) is 0.755. The highest BCUT2D eigenvalue weighted by molar-refractivity contribution is 7.85. The Hall–Kier alpha value is -3.47. The fraction of sp³-hybridized carbons (Fsp3) is 0.280. The molecule has 0 amide bonds. The van der Waals surface area contributed by atoms with Gasteiger partial charge in [0.1, 0.15) is 0 Å². The Morgan fingerprint density at radius 2 is 1.74 bits per heavy atom. The molecule has 0 radical (unpaired) electrons. The van der Waals surface area contributed by atoms with E-state index < -0.39 is 10.8 Å². The molecule has 4 aromatic rings. The summed E-state index contributed by atoms with van der Waals surface area (Å²) in [7, 11) is 2.42. The smallest absolute Gasteiger partial charge is 0.270 e. The van der Waals surface area contributed by atoms with Gasteiger partial charge < -0.3 is 20.2 Å². The van der Waals surface area contributed by atoms with Gasteiger partial charge in [0.15, 0.2) is 11.5 Å². The molecule has 9 nitrogen and oxygen atoms in total. The summed E-state index contributed by atoms with van der Waals surface area (Å²) in [5, 5.41) is 11.4. The minimum Gasteiger partial charge on any atom is -0.414 e. The largest absolute Gasteiger partial charge is 0.414 e. The molecule has 182 valence electrons. The highest BCUT2D eigenvalue weighted by atomic mass is 32.2. The number of benzene rings is 2. The van der Waals surface area contributed by atoms with E-state index in [4.69, 9.17) is 14.9 Å². The summed E-state index contributed by atoms with van der Waals surface area (Å²) in [6.07, 6.45) is 2.31. The van der Waals surface area contributed by atoms with Crippen LogP contribution in [0.25, 0.3) is 34.3 Å². The first-order chi connectivity index (χ1) is 17.0. The highest BCUT2D eigenvalue weighted by Crippen LogP contribution is 2.28. The topological polar surface area (TPSA) is 129 Å². The molecule has 0 aliphatic carbocycles. The second-order valence-corrected chi connectivity index (χ2v) is 9.91. The molecule has 10 heteroatoms. The van der Waals surface area contributed by atoms with Crippen molar-refractivity contribution in [2.75, 3.05) is 26.5 Å². The Labute approximate surface area is 206 Å². The Bertz CT molecular complexity index is 1290. The van der Waals surface area contributed by atoms with E-state index in [0.717, 1.165) is 34.6 Å². The van der Waals surface area contributed by atoms with Crippen LogP contribution in [0.1, 0.15) is 18.9 Å². The van der Waals surface area contributed by atoms with Gasteiger partial charge in [0.05, 0.1) is 22.7 Å². The molecule has 2 unspecified atom stereocenters. The summed E-state index contributed by atoms with van der Waals surface area (Å²) < 4.78 is 23.7. The number of nitrogen functional groups attached to an aromatic ring is 1. The highest BCUT2D eigenvalue weighted by Gasteiger charge is 2.18. The monoisotopic (exact) mass is 492 g/mol. The van der Waals surface area contributed by atoms with Gasteiger partial charge in [0, 0.05) is 41.5 Å². The zero-order chi connectivity index (χ0) is 24.8. The zero-order valence-corrected chi connectivity index (χ0v) is 20.7. The average Bonchev–Trinajstić information content (AvgIpc) is 3.38. The van der Waals surface area contributed by atoms with Crippen LogP contribution in [0.5, 0.6) is 0 Å². The number of nitrogens with zero attached hydrogens (tertiary/aromatic N) is 4. The maximum Gasteiger partial charge on any atom is 0.270 e. The van der Waals surface area contributed by atoms with Gasteiger partial charge in [-0.1, -0.05) is 31.2 Å². The number of aromatic nitrogens is 4. The number of hydrogen-bond donors (Lipinski definition) is 2. The minimum absolute atomic E-state index is 0.00467. The predicted octanol–water partition coefficient (Wildman–Crippen LogP) is 3.69. The fourth-order valence-electron chi connectivity index (χ4n) is 3.48. The van der Waals surface area contributed by atoms with E-state index in [0.29, 0.717) is 23.9 Å². The summed E-state index contributed by atoms with van der Waals surface area (Å²) in [4.78, 5) is 9.65. The Morgan fingerprint density at radius 1 is 1.06 bits per heavy atom. The first-order valence-corrected chi connectivity index (χ1v) is 12.4. The Balaban J connectivity index is 1.55. The molecule has 2 aromatic carbocycles. The summed E-state index contributed by atoms with van der Waals surface area (Å²) in [5.41, 5.74) is 9.75. The number of methoxy groups -OCH3 is 1. The maximum absolute atomic E-state index is 12.7. The molecule has 2 aromatic heterocycles. The van der Waals surface area contributed by atoms with Gasteiger partial charge in [-0.25, -0.2) is 9.97 Å². The number of rotatable bonds is 10. The van der Waals surface area contributed by atoms with Crippen LogP contribution in [0.4, 0.5) is 5.82 Å². The zero-order valence-electron chi connectivity index (χ0n) is 19.9. The molecule has 0 aliphatic rings. The predicted molar refractivity (Wildman–Crippen MR) is 136 cm³/mol. The number of nitrogens with one attached hydrogen (secondary N) is 1. The van der Waals surface area contributed by atoms with Gasteiger partial charge in [0.2, 0.25) is 5.89 Å². The van der Waals surface area contributed by atoms with E-state index >= 15 is 0 Å². The van der Waals surface area contributed by atoms with E-state index in [-0.39, 0.29) is 17.0 Å². The molecule has 3 N–H and O–H groups in total. The van der Waals surface area contributed by atoms with Crippen LogP contribution in [0.15, 0.2) is 64.0 Å². The third-order valence-electron chi connectivity index (χ3n) is 5.49. The lowest BCUT2D eigenvalue weighted by Gasteiger charge is -2.11. The third-order valence-corrected chi connectivity index (χ3v) is 7.19. The van der Waals surface area contributed by atoms with Crippen molar-refractivity contribution in [3.05, 3.63) is 60.3 Å². The van der Waals surface area contributed by atoms with Crippen molar-refractivity contribution in [1.82, 2.24) is 25.5 Å². The van der Waals surface area contributed by atoms with Gasteiger partial charge in [-0.3, -0.25) is 4.21 Å². The number of hydrogen-bond acceptors (Lipinski definition) is 9. The Morgan fingerprint density at radius 3 is 2.43 bits per heavy atom. The summed E-state index contributed by atoms with van der Waals surface area (Å²) in [6, 6.07) is 15.3. The molecule has 2 heterocycles. The minimum atomic E-state index is -1.12. The molecular formula is C25H28N6O3S. The molecule has 4 rings (SSSR count). The van der Waals surface area contributed by atoms with Gasteiger partial charge in [-0.2, -0.15) is 0 Å². The van der Waals surface area contributed by atoms with Gasteiger partial charge in [-0.15, -0.1) is 10.2 Å². The molecule has 2 atom stereocenters. The first kappa shape index (κ1) is 24.6. The molecule has 0 spiro atoms. The number of ether oxygens (including phenoxy) is 1. The van der Waals surface area contributed by atoms with Crippen LogP contribution in [0, 0.1) is 0 Å². The Kier molecular flexibility index (Phi) is 7.96. The fourth-order valence-corrected chi connectivity index (χ4v) is 4.66. The molecule has 35 heavy (non-hydrogen) atoms. The standard InChI is InChI=1S/C25H28N6O3S/c1-16(12-13-33-3)35(32)20-10-8-18(9-11-20)21-15-28-23(26)22(29-21)25-31-30-24(34-25)19-6-4-17(5-7-19)14-27-2/h4-11,15-16,27H,12-14H2,1-3H3,(H2,26,28). The quantitative estimate of drug-likeness (QED) is 0.340. The van der Waals surface area contributed by atoms with Crippen molar-refractivity contribution < 1.29 is 13.4 Å². The lowest BCUT2D eigenvalue weighted by atomic mass is 10.1. The van der Waals surface area contributed by atoms with Crippen molar-refractivity contribution in [2.45, 2.75) is 30.0 Å². The van der Waals surface area contributed by atoms with Crippen molar-refractivity contribution in [1.29, 1.82) is 0 Å². The van der Waals surface area contributed by atoms with Crippen LogP contribution < -0.4 is 11.1 Å². The van der Waals surface area contributed by atoms with Crippen LogP contribution in [-0.4, -0.2) is 50.4 Å². The molecule has 0 saturated heterocycles. The van der Waals surface area contributed by atoms with E-state index in [2.05, 4.69) is 25.5 Å². The molecule has 0 aliphatic heterocycles. The van der Waals surface area contributed by atoms with E-state index in [1.807, 2.05) is 62.5 Å². The summed E-state index contributed by atoms with van der Waals surface area (Å²) in [6.45, 7) is 3.31. The van der Waals surface area contributed by atoms with Gasteiger partial charge >= 0.3 is 0 Å². The van der Waals surface area contributed by atoms with Crippen LogP contribution in [0.3, 0.4) is 0 Å². The second kappa shape index (κ2) is 11.3. The first-order valence-electron chi connectivity index (χ1n) is 11.2. The lowest BCUT2D eigenvalue weighted by Crippen LogP contribution is -2.13. The van der Waals surface area contributed by atoms with E-state index in [1.165, 1.54) is 0 Å². The van der Waals surface area contributed by atoms with Gasteiger partial charge in [0.25, 0.3) is 5.89 Å². The van der Waals surface area contributed by atoms with Crippen molar-refractivity contribution in [2.24, 2.45) is 0 Å². The van der Waals surface area contributed by atoms with Gasteiger partial charge in [-0.05, 0) is 43.3 Å². The molecule has 0 bridgehead atoms. The van der Waals surface area contributed by atoms with Crippen molar-refractivity contribution in [3.63, 3.8) is 0 Å². The molecule has 0 saturated carbocycles. The van der Waals surface area contributed by atoms with Crippen LogP contribution in [-0.2, 0) is 22.1 Å². The number of anilines is 1. The lowest BCUT2D eigenvalue weighted by molar-refractivity contribution is 0.195. The average molecular weight is 493 g/mol. The third kappa shape index (κ3) is 5.79. The van der Waals surface area contributed by atoms with Crippen LogP contribution in [0.2, 0.25) is 0 Å². The SMILES string of the molecule is CNCc1ccc(-c2nnc(-c3nc(-c4ccc(S(=O)C(C)CCOC)cc4)cnc3N)o2)cc1. The van der Waals surface area contributed by atoms with Crippen molar-refractivity contribution >= 4 is 16.6 Å². The maximum atomic E-state index is 12.7. The number of nitrogens with two attached hydrogens (primary N) is 1. The molecular weight excluding hydrogens is 464 g/mol. The normalized spacial score (nSPS) is 13.0. The van der Waals surface area contributed by atoms with E-state index in [9.17, 15) is 4.21 Å².